The zero-order chi connectivity index (χ0) is 25.7. The van der Waals surface area contributed by atoms with Gasteiger partial charge in [0.05, 0.1) is 9.92 Å². The molecule has 2 aromatic carbocycles. The molecule has 3 aromatic rings. The fourth-order valence-corrected chi connectivity index (χ4v) is 5.52. The highest BCUT2D eigenvalue weighted by molar-refractivity contribution is 7.90. The minimum Gasteiger partial charge on any atom is -0.422 e. The number of oxazole rings is 1. The summed E-state index contributed by atoms with van der Waals surface area (Å²) in [6.45, 7) is 2.30. The van der Waals surface area contributed by atoms with Crippen LogP contribution in [-0.4, -0.2) is 44.2 Å². The maximum absolute atomic E-state index is 13.3. The van der Waals surface area contributed by atoms with Crippen molar-refractivity contribution in [1.29, 1.82) is 0 Å². The summed E-state index contributed by atoms with van der Waals surface area (Å²) < 4.78 is 29.5. The number of fused-ring (bicyclic) bond motifs is 1. The molecule has 1 amide bonds. The van der Waals surface area contributed by atoms with Crippen LogP contribution in [0.2, 0.25) is 5.02 Å². The van der Waals surface area contributed by atoms with Crippen molar-refractivity contribution in [2.75, 3.05) is 23.4 Å². The van der Waals surface area contributed by atoms with Crippen LogP contribution in [0.25, 0.3) is 11.1 Å². The first-order valence-corrected chi connectivity index (χ1v) is 14.6. The van der Waals surface area contributed by atoms with E-state index >= 15 is 0 Å². The fraction of sp³-hybridized carbons (Fsp3) is 0.462. The van der Waals surface area contributed by atoms with Crippen LogP contribution in [0.15, 0.2) is 51.8 Å². The summed E-state index contributed by atoms with van der Waals surface area (Å²) in [5.74, 6) is 0.330. The number of amides is 1. The number of anilines is 2. The average molecular weight is 533 g/mol. The predicted octanol–water partition coefficient (Wildman–Crippen LogP) is 5.25. The molecule has 4 rings (SSSR count). The maximum Gasteiger partial charge on any atom is 0.296 e. The lowest BCUT2D eigenvalue weighted by atomic mass is 9.84. The van der Waals surface area contributed by atoms with Crippen LogP contribution in [0.1, 0.15) is 45.4 Å². The van der Waals surface area contributed by atoms with Crippen molar-refractivity contribution >= 4 is 50.1 Å². The number of benzene rings is 2. The Morgan fingerprint density at radius 1 is 1.14 bits per heavy atom. The fourth-order valence-electron chi connectivity index (χ4n) is 4.64. The third-order valence-electron chi connectivity index (χ3n) is 6.53. The molecule has 36 heavy (non-hydrogen) atoms. The van der Waals surface area contributed by atoms with Crippen molar-refractivity contribution in [2.24, 2.45) is 5.92 Å². The highest BCUT2D eigenvalue weighted by atomic mass is 35.5. The zero-order valence-corrected chi connectivity index (χ0v) is 22.2. The van der Waals surface area contributed by atoms with E-state index < -0.39 is 15.9 Å². The summed E-state index contributed by atoms with van der Waals surface area (Å²) in [4.78, 5) is 18.0. The van der Waals surface area contributed by atoms with Gasteiger partial charge in [0, 0.05) is 24.5 Å². The Labute approximate surface area is 217 Å². The van der Waals surface area contributed by atoms with Gasteiger partial charge in [0.25, 0.3) is 6.01 Å². The van der Waals surface area contributed by atoms with E-state index in [0.717, 1.165) is 12.8 Å². The number of halogens is 1. The molecule has 1 unspecified atom stereocenters. The summed E-state index contributed by atoms with van der Waals surface area (Å²) in [6, 6.07) is 11.7. The number of aromatic nitrogens is 1. The molecule has 1 heterocycles. The quantitative estimate of drug-likeness (QED) is 0.326. The molecular formula is C26H33ClN4O4S. The largest absolute Gasteiger partial charge is 0.422 e. The maximum atomic E-state index is 13.3. The van der Waals surface area contributed by atoms with Gasteiger partial charge < -0.3 is 20.4 Å². The number of hydrogen-bond donors (Lipinski definition) is 3. The second kappa shape index (κ2) is 11.5. The summed E-state index contributed by atoms with van der Waals surface area (Å²) in [5, 5.41) is 9.96. The lowest BCUT2D eigenvalue weighted by Gasteiger charge is -2.26. The van der Waals surface area contributed by atoms with E-state index in [2.05, 4.69) is 20.9 Å². The van der Waals surface area contributed by atoms with E-state index in [1.165, 1.54) is 25.5 Å². The van der Waals surface area contributed by atoms with Crippen LogP contribution in [0.3, 0.4) is 0 Å². The van der Waals surface area contributed by atoms with Gasteiger partial charge in [-0.2, -0.15) is 4.98 Å². The van der Waals surface area contributed by atoms with E-state index in [4.69, 9.17) is 16.0 Å². The average Bonchev–Trinajstić information content (AvgIpc) is 3.26. The number of sulfone groups is 1. The van der Waals surface area contributed by atoms with Crippen LogP contribution in [0.4, 0.5) is 11.7 Å². The highest BCUT2D eigenvalue weighted by Gasteiger charge is 2.26. The molecule has 1 fully saturated rings. The second-order valence-electron chi connectivity index (χ2n) is 9.63. The van der Waals surface area contributed by atoms with Crippen LogP contribution < -0.4 is 16.0 Å². The van der Waals surface area contributed by atoms with Gasteiger partial charge in [-0.05, 0) is 49.6 Å². The van der Waals surface area contributed by atoms with Gasteiger partial charge in [0.2, 0.25) is 5.91 Å². The Kier molecular flexibility index (Phi) is 8.41. The Morgan fingerprint density at radius 3 is 2.61 bits per heavy atom. The number of carbonyl (C=O) groups is 1. The molecule has 1 saturated carbocycles. The van der Waals surface area contributed by atoms with E-state index in [-0.39, 0.29) is 22.9 Å². The predicted molar refractivity (Wildman–Crippen MR) is 143 cm³/mol. The molecule has 1 aromatic heterocycles. The summed E-state index contributed by atoms with van der Waals surface area (Å²) >= 11 is 6.23. The topological polar surface area (TPSA) is 113 Å². The van der Waals surface area contributed by atoms with Crippen molar-refractivity contribution in [3.8, 4) is 0 Å². The lowest BCUT2D eigenvalue weighted by Crippen LogP contribution is -2.44. The van der Waals surface area contributed by atoms with Gasteiger partial charge >= 0.3 is 0 Å². The normalized spacial score (nSPS) is 16.4. The van der Waals surface area contributed by atoms with Gasteiger partial charge in [-0.1, -0.05) is 55.8 Å². The van der Waals surface area contributed by atoms with E-state index in [0.29, 0.717) is 40.7 Å². The van der Waals surface area contributed by atoms with Gasteiger partial charge in [-0.25, -0.2) is 8.42 Å². The molecule has 0 aliphatic heterocycles. The summed E-state index contributed by atoms with van der Waals surface area (Å²) in [6.07, 6.45) is 7.71. The van der Waals surface area contributed by atoms with Gasteiger partial charge in [-0.15, -0.1) is 0 Å². The van der Waals surface area contributed by atoms with Crippen molar-refractivity contribution in [1.82, 2.24) is 10.3 Å². The molecule has 194 valence electrons. The number of nitrogens with zero attached hydrogens (tertiary/aromatic N) is 1. The standard InChI is InChI=1S/C26H33ClN4O4S/c1-17(29-19-10-6-11-20(15-19)36(2,33)34)16-28-25(32)23(14-18-8-4-3-5-9-18)31-26-30-22-13-7-12-21(27)24(22)35-26/h6-7,10-13,15,17-18,23,29H,3-5,8-9,14,16H2,1-2H3,(H,28,32)(H,30,31)/t17?,23-/m0/s1. The number of rotatable bonds is 10. The SMILES string of the molecule is CC(CNC(=O)[C@H](CC1CCCCC1)Nc1nc2cccc(Cl)c2o1)Nc1cccc(S(C)(=O)=O)c1. The van der Waals surface area contributed by atoms with Crippen LogP contribution in [0.5, 0.6) is 0 Å². The van der Waals surface area contributed by atoms with Gasteiger partial charge in [0.15, 0.2) is 15.4 Å². The van der Waals surface area contributed by atoms with Crippen LogP contribution in [0, 0.1) is 5.92 Å². The Bertz CT molecular complexity index is 1300. The molecule has 0 saturated heterocycles. The smallest absolute Gasteiger partial charge is 0.296 e. The molecule has 0 spiro atoms. The minimum absolute atomic E-state index is 0.123. The molecular weight excluding hydrogens is 500 g/mol. The monoisotopic (exact) mass is 532 g/mol. The lowest BCUT2D eigenvalue weighted by molar-refractivity contribution is -0.122. The number of carbonyl (C=O) groups excluding carboxylic acids is 1. The first-order chi connectivity index (χ1) is 17.2. The zero-order valence-electron chi connectivity index (χ0n) is 20.6. The van der Waals surface area contributed by atoms with E-state index in [1.807, 2.05) is 19.1 Å². The van der Waals surface area contributed by atoms with Gasteiger partial charge in [0.1, 0.15) is 11.6 Å². The highest BCUT2D eigenvalue weighted by Crippen LogP contribution is 2.30. The molecule has 0 bridgehead atoms. The van der Waals surface area contributed by atoms with E-state index in [1.54, 1.807) is 30.3 Å². The first kappa shape index (κ1) is 26.3. The molecule has 10 heteroatoms. The van der Waals surface area contributed by atoms with Crippen molar-refractivity contribution in [3.05, 3.63) is 47.5 Å². The van der Waals surface area contributed by atoms with Crippen molar-refractivity contribution in [3.63, 3.8) is 0 Å². The Morgan fingerprint density at radius 2 is 1.89 bits per heavy atom. The summed E-state index contributed by atoms with van der Waals surface area (Å²) in [5.41, 5.74) is 1.81. The Hall–Kier alpha value is -2.78. The third kappa shape index (κ3) is 6.91. The van der Waals surface area contributed by atoms with Crippen molar-refractivity contribution < 1.29 is 17.6 Å². The first-order valence-electron chi connectivity index (χ1n) is 12.3. The van der Waals surface area contributed by atoms with Crippen LogP contribution in [-0.2, 0) is 14.6 Å². The molecule has 2 atom stereocenters. The number of hydrogen-bond acceptors (Lipinski definition) is 7. The Balaban J connectivity index is 1.41. The third-order valence-corrected chi connectivity index (χ3v) is 7.94. The van der Waals surface area contributed by atoms with Crippen LogP contribution >= 0.6 is 11.6 Å². The second-order valence-corrected chi connectivity index (χ2v) is 12.1. The summed E-state index contributed by atoms with van der Waals surface area (Å²) in [7, 11) is -3.30. The minimum atomic E-state index is -3.30. The molecule has 3 N–H and O–H groups in total. The number of para-hydroxylation sites is 1. The van der Waals surface area contributed by atoms with Gasteiger partial charge in [-0.3, -0.25) is 4.79 Å². The molecule has 1 aliphatic carbocycles. The molecule has 1 aliphatic rings. The van der Waals surface area contributed by atoms with Crippen molar-refractivity contribution in [2.45, 2.75) is 62.4 Å². The molecule has 0 radical (unpaired) electrons. The van der Waals surface area contributed by atoms with E-state index in [9.17, 15) is 13.2 Å². The molecule has 8 nitrogen and oxygen atoms in total. The number of nitrogens with one attached hydrogen (secondary N) is 3.